The molecular weight excluding hydrogens is 318 g/mol. The molecular formula is C19H19N3O3. The highest BCUT2D eigenvalue weighted by atomic mass is 16.4. The highest BCUT2D eigenvalue weighted by Gasteiger charge is 2.21. The third-order valence-corrected chi connectivity index (χ3v) is 4.11. The predicted molar refractivity (Wildman–Crippen MR) is 97.3 cm³/mol. The van der Waals surface area contributed by atoms with Crippen LogP contribution in [0.2, 0.25) is 0 Å². The Morgan fingerprint density at radius 3 is 2.64 bits per heavy atom. The lowest BCUT2D eigenvalue weighted by atomic mass is 10.1. The summed E-state index contributed by atoms with van der Waals surface area (Å²) in [6, 6.07) is 14.2. The van der Waals surface area contributed by atoms with E-state index < -0.39 is 5.97 Å². The van der Waals surface area contributed by atoms with Gasteiger partial charge in [0.15, 0.2) is 0 Å². The molecule has 1 amide bonds. The highest BCUT2D eigenvalue weighted by molar-refractivity contribution is 6.01. The summed E-state index contributed by atoms with van der Waals surface area (Å²) in [7, 11) is 0. The maximum atomic E-state index is 11.9. The minimum atomic E-state index is -0.979. The number of nitrogens with zero attached hydrogens (tertiary/aromatic N) is 2. The average Bonchev–Trinajstić information content (AvgIpc) is 3.06. The molecule has 0 unspecified atom stereocenters. The topological polar surface area (TPSA) is 82.0 Å². The number of hydrogen-bond donors (Lipinski definition) is 2. The number of carboxylic acid groups (broad SMARTS) is 1. The van der Waals surface area contributed by atoms with Crippen LogP contribution in [-0.2, 0) is 4.79 Å². The molecule has 1 heterocycles. The van der Waals surface area contributed by atoms with Gasteiger partial charge in [0, 0.05) is 18.7 Å². The number of rotatable bonds is 5. The molecule has 1 aliphatic heterocycles. The van der Waals surface area contributed by atoms with Crippen molar-refractivity contribution in [1.29, 1.82) is 0 Å². The summed E-state index contributed by atoms with van der Waals surface area (Å²) in [5, 5.41) is 13.3. The zero-order chi connectivity index (χ0) is 17.8. The van der Waals surface area contributed by atoms with Crippen LogP contribution in [0.4, 0.5) is 11.4 Å². The molecule has 0 radical (unpaired) electrons. The van der Waals surface area contributed by atoms with E-state index in [1.807, 2.05) is 31.2 Å². The molecule has 0 saturated carbocycles. The minimum absolute atomic E-state index is 0.148. The number of carbonyl (C=O) groups is 2. The summed E-state index contributed by atoms with van der Waals surface area (Å²) in [5.74, 6) is -0.831. The maximum Gasteiger partial charge on any atom is 0.335 e. The first-order valence-corrected chi connectivity index (χ1v) is 8.09. The Hall–Kier alpha value is -3.15. The van der Waals surface area contributed by atoms with Crippen molar-refractivity contribution in [2.45, 2.75) is 19.8 Å². The number of amides is 1. The van der Waals surface area contributed by atoms with Crippen LogP contribution in [0.1, 0.15) is 35.7 Å². The monoisotopic (exact) mass is 337 g/mol. The second-order valence-electron chi connectivity index (χ2n) is 5.89. The van der Waals surface area contributed by atoms with E-state index in [2.05, 4.69) is 10.5 Å². The number of hydrogen-bond acceptors (Lipinski definition) is 4. The van der Waals surface area contributed by atoms with Crippen molar-refractivity contribution in [3.05, 3.63) is 59.7 Å². The molecule has 6 heteroatoms. The predicted octanol–water partition coefficient (Wildman–Crippen LogP) is 3.35. The van der Waals surface area contributed by atoms with Gasteiger partial charge in [-0.15, -0.1) is 0 Å². The molecule has 0 aromatic heterocycles. The molecule has 25 heavy (non-hydrogen) atoms. The molecule has 0 spiro atoms. The van der Waals surface area contributed by atoms with Gasteiger partial charge < -0.3 is 10.0 Å². The fraction of sp³-hybridized carbons (Fsp3) is 0.211. The third-order valence-electron chi connectivity index (χ3n) is 4.11. The Kier molecular flexibility index (Phi) is 4.79. The van der Waals surface area contributed by atoms with E-state index >= 15 is 0 Å². The van der Waals surface area contributed by atoms with Gasteiger partial charge in [-0.3, -0.25) is 10.2 Å². The van der Waals surface area contributed by atoms with Gasteiger partial charge in [-0.2, -0.15) is 5.10 Å². The summed E-state index contributed by atoms with van der Waals surface area (Å²) >= 11 is 0. The quantitative estimate of drug-likeness (QED) is 0.647. The van der Waals surface area contributed by atoms with Crippen LogP contribution >= 0.6 is 0 Å². The van der Waals surface area contributed by atoms with Crippen LogP contribution < -0.4 is 10.3 Å². The third kappa shape index (κ3) is 3.85. The Morgan fingerprint density at radius 2 is 1.92 bits per heavy atom. The molecule has 2 aromatic carbocycles. The van der Waals surface area contributed by atoms with E-state index in [0.29, 0.717) is 12.1 Å². The molecule has 1 aliphatic rings. The molecule has 2 N–H and O–H groups in total. The first-order chi connectivity index (χ1) is 12.0. The van der Waals surface area contributed by atoms with E-state index in [4.69, 9.17) is 5.11 Å². The molecule has 128 valence electrons. The van der Waals surface area contributed by atoms with Gasteiger partial charge in [-0.1, -0.05) is 18.2 Å². The van der Waals surface area contributed by atoms with Crippen molar-refractivity contribution in [2.75, 3.05) is 16.9 Å². The lowest BCUT2D eigenvalue weighted by molar-refractivity contribution is -0.117. The number of carboxylic acids is 1. The number of hydrazone groups is 1. The summed E-state index contributed by atoms with van der Waals surface area (Å²) in [4.78, 5) is 24.7. The molecule has 0 atom stereocenters. The molecule has 3 rings (SSSR count). The van der Waals surface area contributed by atoms with E-state index in [1.165, 1.54) is 12.1 Å². The van der Waals surface area contributed by atoms with Crippen LogP contribution in [0.25, 0.3) is 0 Å². The average molecular weight is 337 g/mol. The van der Waals surface area contributed by atoms with Crippen LogP contribution in [0.5, 0.6) is 0 Å². The van der Waals surface area contributed by atoms with Crippen molar-refractivity contribution >= 4 is 29.0 Å². The van der Waals surface area contributed by atoms with Crippen LogP contribution in [0, 0.1) is 0 Å². The zero-order valence-corrected chi connectivity index (χ0v) is 13.9. The van der Waals surface area contributed by atoms with Gasteiger partial charge in [0.05, 0.1) is 17.0 Å². The van der Waals surface area contributed by atoms with Crippen molar-refractivity contribution in [1.82, 2.24) is 0 Å². The summed E-state index contributed by atoms with van der Waals surface area (Å²) < 4.78 is 0. The molecule has 1 saturated heterocycles. The first kappa shape index (κ1) is 16.7. The number of benzene rings is 2. The smallest absolute Gasteiger partial charge is 0.335 e. The first-order valence-electron chi connectivity index (χ1n) is 8.09. The van der Waals surface area contributed by atoms with Gasteiger partial charge in [-0.25, -0.2) is 4.79 Å². The highest BCUT2D eigenvalue weighted by Crippen LogP contribution is 2.22. The standard InChI is InChI=1S/C19H19N3O3/c1-13(20-21-16-7-2-6-15(11-16)19(24)25)14-5-3-8-17(12-14)22-10-4-9-18(22)23/h2-3,5-8,11-12,21H,4,9-10H2,1H3,(H,24,25). The van der Waals surface area contributed by atoms with Crippen molar-refractivity contribution in [3.8, 4) is 0 Å². The molecule has 2 aromatic rings. The Bertz CT molecular complexity index is 845. The van der Waals surface area contributed by atoms with Gasteiger partial charge in [0.1, 0.15) is 0 Å². The van der Waals surface area contributed by atoms with Crippen molar-refractivity contribution in [2.24, 2.45) is 5.10 Å². The van der Waals surface area contributed by atoms with Gasteiger partial charge in [0.25, 0.3) is 0 Å². The fourth-order valence-corrected chi connectivity index (χ4v) is 2.75. The Labute approximate surface area is 145 Å². The van der Waals surface area contributed by atoms with Gasteiger partial charge >= 0.3 is 5.97 Å². The lowest BCUT2D eigenvalue weighted by Crippen LogP contribution is -2.23. The van der Waals surface area contributed by atoms with E-state index in [1.54, 1.807) is 17.0 Å². The van der Waals surface area contributed by atoms with Crippen molar-refractivity contribution < 1.29 is 14.7 Å². The fourth-order valence-electron chi connectivity index (χ4n) is 2.75. The Balaban J connectivity index is 1.77. The maximum absolute atomic E-state index is 11.9. The van der Waals surface area contributed by atoms with Crippen LogP contribution in [0.3, 0.4) is 0 Å². The summed E-state index contributed by atoms with van der Waals surface area (Å²) in [6.45, 7) is 2.61. The molecule has 0 bridgehead atoms. The van der Waals surface area contributed by atoms with Gasteiger partial charge in [-0.05, 0) is 49.2 Å². The summed E-state index contributed by atoms with van der Waals surface area (Å²) in [6.07, 6.45) is 1.48. The van der Waals surface area contributed by atoms with Crippen LogP contribution in [-0.4, -0.2) is 29.2 Å². The second-order valence-corrected chi connectivity index (χ2v) is 5.89. The molecule has 1 fully saturated rings. The van der Waals surface area contributed by atoms with Crippen LogP contribution in [0.15, 0.2) is 53.6 Å². The SMILES string of the molecule is CC(=NNc1cccc(C(=O)O)c1)c1cccc(N2CCCC2=O)c1. The number of anilines is 2. The van der Waals surface area contributed by atoms with E-state index in [0.717, 1.165) is 29.9 Å². The van der Waals surface area contributed by atoms with Gasteiger partial charge in [0.2, 0.25) is 5.91 Å². The number of carbonyl (C=O) groups excluding carboxylic acids is 1. The minimum Gasteiger partial charge on any atom is -0.478 e. The molecule has 0 aliphatic carbocycles. The van der Waals surface area contributed by atoms with E-state index in [-0.39, 0.29) is 11.5 Å². The zero-order valence-electron chi connectivity index (χ0n) is 13.9. The summed E-state index contributed by atoms with van der Waals surface area (Å²) in [5.41, 5.74) is 6.21. The largest absolute Gasteiger partial charge is 0.478 e. The number of nitrogens with one attached hydrogen (secondary N) is 1. The normalized spacial score (nSPS) is 14.7. The lowest BCUT2D eigenvalue weighted by Gasteiger charge is -2.16. The Morgan fingerprint density at radius 1 is 1.16 bits per heavy atom. The number of aromatic carboxylic acids is 1. The van der Waals surface area contributed by atoms with Crippen molar-refractivity contribution in [3.63, 3.8) is 0 Å². The van der Waals surface area contributed by atoms with E-state index in [9.17, 15) is 9.59 Å². The second kappa shape index (κ2) is 7.17. The molecule has 6 nitrogen and oxygen atoms in total.